The molecule has 2 aromatic carbocycles. The average molecular weight is 497 g/mol. The van der Waals surface area contributed by atoms with Crippen LogP contribution in [0.15, 0.2) is 48.5 Å². The summed E-state index contributed by atoms with van der Waals surface area (Å²) in [7, 11) is 0. The van der Waals surface area contributed by atoms with Crippen molar-refractivity contribution in [2.24, 2.45) is 5.92 Å². The number of carbonyl (C=O) groups is 3. The molecule has 0 radical (unpaired) electrons. The van der Waals surface area contributed by atoms with Crippen molar-refractivity contribution in [3.63, 3.8) is 0 Å². The Hall–Kier alpha value is -4.14. The van der Waals surface area contributed by atoms with Crippen LogP contribution in [0.1, 0.15) is 51.1 Å². The maximum atomic E-state index is 13.3. The second-order valence-electron chi connectivity index (χ2n) is 10.3. The highest BCUT2D eigenvalue weighted by molar-refractivity contribution is 6.10. The van der Waals surface area contributed by atoms with Crippen LogP contribution in [-0.4, -0.2) is 62.1 Å². The third-order valence-corrected chi connectivity index (χ3v) is 8.31. The van der Waals surface area contributed by atoms with Crippen LogP contribution in [0.25, 0.3) is 21.8 Å². The Morgan fingerprint density at radius 3 is 2.70 bits per heavy atom. The van der Waals surface area contributed by atoms with Crippen molar-refractivity contribution in [1.82, 2.24) is 29.9 Å². The number of nitrogens with one attached hydrogen (secondary N) is 2. The zero-order valence-electron chi connectivity index (χ0n) is 20.6. The number of benzene rings is 2. The summed E-state index contributed by atoms with van der Waals surface area (Å²) in [5.74, 6) is -0.187. The number of rotatable bonds is 4. The van der Waals surface area contributed by atoms with Crippen molar-refractivity contribution in [2.75, 3.05) is 13.1 Å². The molecule has 4 aromatic rings. The molecule has 2 N–H and O–H groups in total. The first-order valence-corrected chi connectivity index (χ1v) is 13.0. The van der Waals surface area contributed by atoms with E-state index in [2.05, 4.69) is 39.4 Å². The van der Waals surface area contributed by atoms with Crippen molar-refractivity contribution in [3.05, 3.63) is 65.5 Å². The molecule has 2 aromatic heterocycles. The molecule has 3 atom stereocenters. The molecule has 2 bridgehead atoms. The van der Waals surface area contributed by atoms with Crippen LogP contribution in [0, 0.1) is 5.92 Å². The highest BCUT2D eigenvalue weighted by Gasteiger charge is 2.47. The Labute approximate surface area is 213 Å². The molecule has 2 aliphatic heterocycles. The topological polar surface area (TPSA) is 101 Å². The van der Waals surface area contributed by atoms with Gasteiger partial charge in [0.25, 0.3) is 17.7 Å². The van der Waals surface area contributed by atoms with Crippen LogP contribution in [0.5, 0.6) is 0 Å². The zero-order chi connectivity index (χ0) is 25.3. The largest absolute Gasteiger partial charge is 0.349 e. The maximum absolute atomic E-state index is 13.3. The van der Waals surface area contributed by atoms with Crippen LogP contribution in [-0.2, 0) is 13.1 Å². The second-order valence-corrected chi connectivity index (χ2v) is 10.3. The average Bonchev–Trinajstić information content (AvgIpc) is 3.69. The van der Waals surface area contributed by atoms with Gasteiger partial charge in [0.1, 0.15) is 5.69 Å². The Morgan fingerprint density at radius 1 is 1.08 bits per heavy atom. The molecule has 1 saturated carbocycles. The monoisotopic (exact) mass is 496 g/mol. The molecule has 37 heavy (non-hydrogen) atoms. The highest BCUT2D eigenvalue weighted by Crippen LogP contribution is 2.39. The molecule has 9 heteroatoms. The fourth-order valence-electron chi connectivity index (χ4n) is 6.55. The lowest BCUT2D eigenvalue weighted by Gasteiger charge is -2.31. The molecule has 7 rings (SSSR count). The number of hydrogen-bond donors (Lipinski definition) is 2. The van der Waals surface area contributed by atoms with Crippen LogP contribution in [0.3, 0.4) is 0 Å². The number of hydrogen-bond acceptors (Lipinski definition) is 4. The number of fused-ring (bicyclic) bond motifs is 6. The van der Waals surface area contributed by atoms with Gasteiger partial charge in [-0.1, -0.05) is 18.2 Å². The van der Waals surface area contributed by atoms with Crippen molar-refractivity contribution >= 4 is 39.5 Å². The number of piperidine rings is 1. The lowest BCUT2D eigenvalue weighted by molar-refractivity contribution is 0.0672. The fraction of sp³-hybridized carbons (Fsp3) is 0.357. The van der Waals surface area contributed by atoms with E-state index in [9.17, 15) is 14.4 Å². The first-order valence-electron chi connectivity index (χ1n) is 13.0. The summed E-state index contributed by atoms with van der Waals surface area (Å²) < 4.78 is 3.88. The van der Waals surface area contributed by atoms with E-state index in [0.717, 1.165) is 35.7 Å². The first-order chi connectivity index (χ1) is 18.0. The third-order valence-electron chi connectivity index (χ3n) is 8.31. The molecule has 3 aliphatic rings. The lowest BCUT2D eigenvalue weighted by atomic mass is 10.0. The number of para-hydroxylation sites is 1. The SMILES string of the molecule is CCn1c2ccccc2c2cc(C(=O)N[C@@H]3C[C@@H]4C[C@H]3CN4C(=O)c3cc4n(n3)CCNC4=O)ccc21. The molecule has 3 amide bonds. The molecule has 9 nitrogen and oxygen atoms in total. The number of carbonyl (C=O) groups excluding carboxylic acids is 3. The fourth-order valence-corrected chi connectivity index (χ4v) is 6.55. The summed E-state index contributed by atoms with van der Waals surface area (Å²) in [4.78, 5) is 40.4. The van der Waals surface area contributed by atoms with Crippen molar-refractivity contribution in [3.8, 4) is 0 Å². The van der Waals surface area contributed by atoms with Crippen molar-refractivity contribution in [2.45, 2.75) is 44.9 Å². The summed E-state index contributed by atoms with van der Waals surface area (Å²) in [6, 6.07) is 15.9. The first kappa shape index (κ1) is 22.1. The van der Waals surface area contributed by atoms with Gasteiger partial charge in [0.05, 0.1) is 6.54 Å². The van der Waals surface area contributed by atoms with Gasteiger partial charge in [-0.15, -0.1) is 0 Å². The van der Waals surface area contributed by atoms with Gasteiger partial charge in [-0.05, 0) is 49.9 Å². The van der Waals surface area contributed by atoms with Gasteiger partial charge in [0, 0.05) is 65.2 Å². The molecule has 4 heterocycles. The molecular formula is C28H28N6O3. The van der Waals surface area contributed by atoms with E-state index in [1.54, 1.807) is 10.7 Å². The molecule has 0 unspecified atom stereocenters. The van der Waals surface area contributed by atoms with Gasteiger partial charge in [-0.25, -0.2) is 0 Å². The summed E-state index contributed by atoms with van der Waals surface area (Å²) in [5, 5.41) is 12.7. The predicted octanol–water partition coefficient (Wildman–Crippen LogP) is 2.79. The van der Waals surface area contributed by atoms with Crippen LogP contribution in [0.2, 0.25) is 0 Å². The smallest absolute Gasteiger partial charge is 0.274 e. The van der Waals surface area contributed by atoms with E-state index in [4.69, 9.17) is 0 Å². The Bertz CT molecular complexity index is 1600. The van der Waals surface area contributed by atoms with Gasteiger partial charge in [0.15, 0.2) is 5.69 Å². The van der Waals surface area contributed by atoms with Crippen LogP contribution in [0.4, 0.5) is 0 Å². The summed E-state index contributed by atoms with van der Waals surface area (Å²) in [5.41, 5.74) is 3.72. The van der Waals surface area contributed by atoms with Gasteiger partial charge in [0.2, 0.25) is 0 Å². The van der Waals surface area contributed by atoms with Crippen molar-refractivity contribution in [1.29, 1.82) is 0 Å². The quantitative estimate of drug-likeness (QED) is 0.454. The minimum absolute atomic E-state index is 0.0372. The normalized spacial score (nSPS) is 22.5. The summed E-state index contributed by atoms with van der Waals surface area (Å²) in [6.07, 6.45) is 1.60. The van der Waals surface area contributed by atoms with Crippen LogP contribution < -0.4 is 10.6 Å². The van der Waals surface area contributed by atoms with Crippen molar-refractivity contribution < 1.29 is 14.4 Å². The predicted molar refractivity (Wildman–Crippen MR) is 138 cm³/mol. The maximum Gasteiger partial charge on any atom is 0.274 e. The van der Waals surface area contributed by atoms with E-state index in [-0.39, 0.29) is 35.7 Å². The molecule has 0 spiro atoms. The second kappa shape index (κ2) is 8.19. The number of likely N-dealkylation sites (tertiary alicyclic amines) is 1. The molecule has 1 aliphatic carbocycles. The number of aromatic nitrogens is 3. The Kier molecular flexibility index (Phi) is 4.89. The summed E-state index contributed by atoms with van der Waals surface area (Å²) >= 11 is 0. The molecule has 2 fully saturated rings. The Balaban J connectivity index is 1.07. The van der Waals surface area contributed by atoms with E-state index in [0.29, 0.717) is 36.6 Å². The minimum Gasteiger partial charge on any atom is -0.349 e. The van der Waals surface area contributed by atoms with Gasteiger partial charge < -0.3 is 20.1 Å². The van der Waals surface area contributed by atoms with E-state index in [1.165, 1.54) is 5.52 Å². The molecule has 188 valence electrons. The van der Waals surface area contributed by atoms with E-state index >= 15 is 0 Å². The lowest BCUT2D eigenvalue weighted by Crippen LogP contribution is -2.47. The van der Waals surface area contributed by atoms with Crippen LogP contribution >= 0.6 is 0 Å². The van der Waals surface area contributed by atoms with Gasteiger partial charge >= 0.3 is 0 Å². The van der Waals surface area contributed by atoms with E-state index in [1.807, 2.05) is 35.2 Å². The number of aryl methyl sites for hydroxylation is 1. The molecule has 1 saturated heterocycles. The minimum atomic E-state index is -0.194. The molecular weight excluding hydrogens is 468 g/mol. The number of amides is 3. The zero-order valence-corrected chi connectivity index (χ0v) is 20.6. The number of nitrogens with zero attached hydrogens (tertiary/aromatic N) is 4. The van der Waals surface area contributed by atoms with Gasteiger partial charge in [-0.3, -0.25) is 19.1 Å². The van der Waals surface area contributed by atoms with Gasteiger partial charge in [-0.2, -0.15) is 5.10 Å². The Morgan fingerprint density at radius 2 is 1.92 bits per heavy atom. The third kappa shape index (κ3) is 3.37. The standard InChI is InChI=1S/C28H28N6O3/c1-2-32-23-6-4-3-5-19(23)20-12-16(7-8-24(20)32)26(35)30-21-13-18-11-17(21)15-33(18)28(37)22-14-25-27(36)29-9-10-34(25)31-22/h3-8,12,14,17-18,21H,2,9-11,13,15H2,1H3,(H,29,36)(H,30,35)/t17-,18-,21+/m0/s1. The summed E-state index contributed by atoms with van der Waals surface area (Å²) in [6.45, 7) is 4.67. The highest BCUT2D eigenvalue weighted by atomic mass is 16.2. The van der Waals surface area contributed by atoms with E-state index < -0.39 is 0 Å².